The predicted molar refractivity (Wildman–Crippen MR) is 80.0 cm³/mol. The van der Waals surface area contributed by atoms with Crippen molar-refractivity contribution in [3.05, 3.63) is 35.4 Å². The van der Waals surface area contributed by atoms with Crippen molar-refractivity contribution < 1.29 is 4.79 Å². The lowest BCUT2D eigenvalue weighted by Gasteiger charge is -2.25. The zero-order valence-corrected chi connectivity index (χ0v) is 12.6. The fraction of sp³-hybridized carbons (Fsp3) is 0.562. The molecule has 0 heterocycles. The summed E-state index contributed by atoms with van der Waals surface area (Å²) in [6.45, 7) is 8.43. The van der Waals surface area contributed by atoms with E-state index < -0.39 is 0 Å². The second-order valence-corrected chi connectivity index (χ2v) is 5.20. The molecule has 0 aliphatic carbocycles. The molecule has 1 aromatic carbocycles. The van der Waals surface area contributed by atoms with Gasteiger partial charge in [0.05, 0.1) is 0 Å². The third-order valence-electron chi connectivity index (χ3n) is 3.23. The van der Waals surface area contributed by atoms with Crippen LogP contribution in [0.2, 0.25) is 0 Å². The van der Waals surface area contributed by atoms with Crippen molar-refractivity contribution in [3.8, 4) is 0 Å². The van der Waals surface area contributed by atoms with Crippen molar-refractivity contribution in [3.63, 3.8) is 0 Å². The Morgan fingerprint density at radius 1 is 1.32 bits per heavy atom. The number of amides is 1. The number of hydrogen-bond acceptors (Lipinski definition) is 2. The number of nitrogens with zero attached hydrogens (tertiary/aromatic N) is 1. The van der Waals surface area contributed by atoms with Gasteiger partial charge in [-0.25, -0.2) is 0 Å². The molecule has 1 N–H and O–H groups in total. The number of nitrogens with one attached hydrogen (secondary N) is 1. The second-order valence-electron chi connectivity index (χ2n) is 5.20. The molecule has 0 spiro atoms. The van der Waals surface area contributed by atoms with Gasteiger partial charge in [-0.3, -0.25) is 4.79 Å². The number of aryl methyl sites for hydroxylation is 1. The van der Waals surface area contributed by atoms with Gasteiger partial charge in [0.2, 0.25) is 5.91 Å². The Kier molecular flexibility index (Phi) is 6.57. The highest BCUT2D eigenvalue weighted by Crippen LogP contribution is 2.11. The van der Waals surface area contributed by atoms with Gasteiger partial charge in [-0.05, 0) is 26.0 Å². The summed E-state index contributed by atoms with van der Waals surface area (Å²) in [5.41, 5.74) is 2.45. The van der Waals surface area contributed by atoms with E-state index in [0.29, 0.717) is 6.54 Å². The summed E-state index contributed by atoms with van der Waals surface area (Å²) < 4.78 is 0. The summed E-state index contributed by atoms with van der Waals surface area (Å²) in [6.07, 6.45) is 0.990. The van der Waals surface area contributed by atoms with E-state index in [0.717, 1.165) is 19.5 Å². The predicted octanol–water partition coefficient (Wildman–Crippen LogP) is 2.59. The van der Waals surface area contributed by atoms with Gasteiger partial charge in [-0.15, -0.1) is 0 Å². The van der Waals surface area contributed by atoms with Crippen molar-refractivity contribution in [1.82, 2.24) is 10.2 Å². The molecule has 1 unspecified atom stereocenters. The largest absolute Gasteiger partial charge is 0.338 e. The molecule has 1 rings (SSSR count). The highest BCUT2D eigenvalue weighted by atomic mass is 16.2. The molecule has 0 saturated heterocycles. The van der Waals surface area contributed by atoms with Crippen LogP contribution in [0.15, 0.2) is 24.3 Å². The lowest BCUT2D eigenvalue weighted by atomic mass is 10.1. The van der Waals surface area contributed by atoms with Gasteiger partial charge in [0.25, 0.3) is 0 Å². The van der Waals surface area contributed by atoms with Crippen molar-refractivity contribution in [2.75, 3.05) is 20.1 Å². The van der Waals surface area contributed by atoms with Crippen LogP contribution in [0.5, 0.6) is 0 Å². The van der Waals surface area contributed by atoms with Crippen LogP contribution >= 0.6 is 0 Å². The minimum atomic E-state index is 0.0296. The Balaban J connectivity index is 2.71. The summed E-state index contributed by atoms with van der Waals surface area (Å²) >= 11 is 0. The average Bonchev–Trinajstić information content (AvgIpc) is 2.40. The molecule has 3 nitrogen and oxygen atoms in total. The molecule has 0 aromatic heterocycles. The van der Waals surface area contributed by atoms with Gasteiger partial charge in [0.1, 0.15) is 0 Å². The summed E-state index contributed by atoms with van der Waals surface area (Å²) in [4.78, 5) is 14.3. The quantitative estimate of drug-likeness (QED) is 0.819. The fourth-order valence-corrected chi connectivity index (χ4v) is 2.16. The number of benzene rings is 1. The molecule has 0 aliphatic rings. The number of carbonyl (C=O) groups is 1. The van der Waals surface area contributed by atoms with Gasteiger partial charge in [0, 0.05) is 25.6 Å². The monoisotopic (exact) mass is 262 g/mol. The fourth-order valence-electron chi connectivity index (χ4n) is 2.16. The molecule has 19 heavy (non-hydrogen) atoms. The second kappa shape index (κ2) is 7.95. The van der Waals surface area contributed by atoms with E-state index >= 15 is 0 Å². The molecule has 1 amide bonds. The lowest BCUT2D eigenvalue weighted by Crippen LogP contribution is -2.38. The maximum atomic E-state index is 12.4. The van der Waals surface area contributed by atoms with Crippen LogP contribution in [0.4, 0.5) is 0 Å². The smallest absolute Gasteiger partial charge is 0.226 e. The minimum absolute atomic E-state index is 0.0296. The van der Waals surface area contributed by atoms with Crippen LogP contribution in [0.3, 0.4) is 0 Å². The molecule has 106 valence electrons. The van der Waals surface area contributed by atoms with E-state index in [4.69, 9.17) is 0 Å². The first-order chi connectivity index (χ1) is 9.08. The molecule has 3 heteroatoms. The maximum absolute atomic E-state index is 12.4. The third kappa shape index (κ3) is 5.03. The Morgan fingerprint density at radius 3 is 2.47 bits per heavy atom. The Morgan fingerprint density at radius 2 is 1.95 bits per heavy atom. The molecule has 0 saturated carbocycles. The van der Waals surface area contributed by atoms with Crippen molar-refractivity contribution in [1.29, 1.82) is 0 Å². The topological polar surface area (TPSA) is 32.3 Å². The van der Waals surface area contributed by atoms with Gasteiger partial charge >= 0.3 is 0 Å². The van der Waals surface area contributed by atoms with Crippen LogP contribution < -0.4 is 5.32 Å². The number of rotatable bonds is 7. The Labute approximate surface area is 117 Å². The summed E-state index contributed by atoms with van der Waals surface area (Å²) in [6, 6.07) is 8.41. The maximum Gasteiger partial charge on any atom is 0.226 e. The molecular formula is C16H26N2O. The van der Waals surface area contributed by atoms with Crippen LogP contribution in [0.25, 0.3) is 0 Å². The van der Waals surface area contributed by atoms with E-state index in [1.54, 1.807) is 0 Å². The lowest BCUT2D eigenvalue weighted by molar-refractivity contribution is -0.135. The first-order valence-corrected chi connectivity index (χ1v) is 7.07. The van der Waals surface area contributed by atoms with E-state index in [1.165, 1.54) is 11.1 Å². The molecule has 0 fully saturated rings. The molecule has 0 radical (unpaired) electrons. The zero-order valence-electron chi connectivity index (χ0n) is 12.6. The summed E-state index contributed by atoms with van der Waals surface area (Å²) in [5.74, 6) is 0.263. The van der Waals surface area contributed by atoms with Crippen LogP contribution in [0.1, 0.15) is 31.4 Å². The van der Waals surface area contributed by atoms with Gasteiger partial charge in [0.15, 0.2) is 0 Å². The van der Waals surface area contributed by atoms with E-state index in [1.807, 2.05) is 18.9 Å². The van der Waals surface area contributed by atoms with Crippen molar-refractivity contribution >= 4 is 5.91 Å². The van der Waals surface area contributed by atoms with E-state index in [-0.39, 0.29) is 11.8 Å². The molecule has 0 bridgehead atoms. The first kappa shape index (κ1) is 15.7. The van der Waals surface area contributed by atoms with Crippen molar-refractivity contribution in [2.45, 2.75) is 33.7 Å². The number of hydrogen-bond donors (Lipinski definition) is 1. The third-order valence-corrected chi connectivity index (χ3v) is 3.23. The average molecular weight is 262 g/mol. The summed E-state index contributed by atoms with van der Waals surface area (Å²) in [7, 11) is 1.88. The van der Waals surface area contributed by atoms with Crippen LogP contribution in [-0.4, -0.2) is 30.9 Å². The Bertz CT molecular complexity index is 386. The van der Waals surface area contributed by atoms with Gasteiger partial charge in [-0.2, -0.15) is 0 Å². The Hall–Kier alpha value is -1.35. The normalized spacial score (nSPS) is 12.2. The molecule has 0 aliphatic heterocycles. The summed E-state index contributed by atoms with van der Waals surface area (Å²) in [5, 5.41) is 3.07. The van der Waals surface area contributed by atoms with E-state index in [2.05, 4.69) is 43.4 Å². The zero-order chi connectivity index (χ0) is 14.3. The van der Waals surface area contributed by atoms with Gasteiger partial charge in [-0.1, -0.05) is 43.7 Å². The molecule has 1 atom stereocenters. The van der Waals surface area contributed by atoms with Crippen LogP contribution in [-0.2, 0) is 11.3 Å². The number of carbonyl (C=O) groups excluding carboxylic acids is 1. The van der Waals surface area contributed by atoms with Crippen LogP contribution in [0, 0.1) is 12.8 Å². The minimum Gasteiger partial charge on any atom is -0.338 e. The first-order valence-electron chi connectivity index (χ1n) is 7.07. The highest BCUT2D eigenvalue weighted by molar-refractivity contribution is 5.78. The SMILES string of the molecule is CCCN(Cc1ccc(C)cc1)C(=O)C(C)CNC. The van der Waals surface area contributed by atoms with Crippen molar-refractivity contribution in [2.24, 2.45) is 5.92 Å². The highest BCUT2D eigenvalue weighted by Gasteiger charge is 2.19. The van der Waals surface area contributed by atoms with E-state index in [9.17, 15) is 4.79 Å². The molecule has 1 aromatic rings. The standard InChI is InChI=1S/C16H26N2O/c1-5-10-18(16(19)14(3)11-17-4)12-15-8-6-13(2)7-9-15/h6-9,14,17H,5,10-12H2,1-4H3. The van der Waals surface area contributed by atoms with Gasteiger partial charge < -0.3 is 10.2 Å². The molecular weight excluding hydrogens is 236 g/mol.